The molecule has 4 nitrogen and oxygen atoms in total. The molecule has 1 aromatic rings. The predicted octanol–water partition coefficient (Wildman–Crippen LogP) is 2.87. The van der Waals surface area contributed by atoms with Crippen LogP contribution < -0.4 is 5.32 Å². The van der Waals surface area contributed by atoms with E-state index in [-0.39, 0.29) is 11.9 Å². The Hall–Kier alpha value is -1.55. The van der Waals surface area contributed by atoms with Crippen molar-refractivity contribution in [3.63, 3.8) is 0 Å². The first kappa shape index (κ1) is 14.9. The van der Waals surface area contributed by atoms with Crippen molar-refractivity contribution in [3.05, 3.63) is 29.8 Å². The number of aliphatic hydroxyl groups excluding tert-OH is 1. The van der Waals surface area contributed by atoms with E-state index in [0.29, 0.717) is 13.1 Å². The van der Waals surface area contributed by atoms with Gasteiger partial charge in [-0.15, -0.1) is 0 Å². The van der Waals surface area contributed by atoms with Crippen LogP contribution in [0.1, 0.15) is 32.3 Å². The van der Waals surface area contributed by atoms with E-state index in [1.165, 1.54) is 0 Å². The second kappa shape index (κ2) is 6.75. The number of benzene rings is 1. The molecule has 2 amide bonds. The van der Waals surface area contributed by atoms with Gasteiger partial charge < -0.3 is 15.3 Å². The third-order valence-corrected chi connectivity index (χ3v) is 3.98. The molecule has 1 heterocycles. The van der Waals surface area contributed by atoms with Gasteiger partial charge in [0.2, 0.25) is 0 Å². The average molecular weight is 276 g/mol. The zero-order valence-electron chi connectivity index (χ0n) is 12.3. The highest BCUT2D eigenvalue weighted by molar-refractivity contribution is 5.90. The van der Waals surface area contributed by atoms with Crippen LogP contribution in [0.2, 0.25) is 0 Å². The molecule has 110 valence electrons. The van der Waals surface area contributed by atoms with E-state index < -0.39 is 6.10 Å². The fraction of sp³-hybridized carbons (Fsp3) is 0.562. The lowest BCUT2D eigenvalue weighted by atomic mass is 9.96. The summed E-state index contributed by atoms with van der Waals surface area (Å²) < 4.78 is 0. The smallest absolute Gasteiger partial charge is 0.321 e. The Morgan fingerprint density at radius 1 is 1.45 bits per heavy atom. The average Bonchev–Trinajstić information content (AvgIpc) is 2.44. The third-order valence-electron chi connectivity index (χ3n) is 3.98. The molecular formula is C16H24N2O2. The number of aliphatic hydroxyl groups is 1. The first-order valence-electron chi connectivity index (χ1n) is 7.43. The summed E-state index contributed by atoms with van der Waals surface area (Å²) in [7, 11) is 0. The number of amides is 2. The maximum Gasteiger partial charge on any atom is 0.321 e. The molecule has 0 saturated carbocycles. The molecule has 0 spiro atoms. The van der Waals surface area contributed by atoms with Crippen LogP contribution in [0, 0.1) is 5.92 Å². The molecule has 0 radical (unpaired) electrons. The Morgan fingerprint density at radius 2 is 2.20 bits per heavy atom. The van der Waals surface area contributed by atoms with E-state index >= 15 is 0 Å². The van der Waals surface area contributed by atoms with Gasteiger partial charge in [-0.2, -0.15) is 0 Å². The highest BCUT2D eigenvalue weighted by Gasteiger charge is 2.27. The fourth-order valence-electron chi connectivity index (χ4n) is 2.56. The van der Waals surface area contributed by atoms with Crippen molar-refractivity contribution in [2.24, 2.45) is 5.92 Å². The highest BCUT2D eigenvalue weighted by atomic mass is 16.3. The lowest BCUT2D eigenvalue weighted by molar-refractivity contribution is 0.0463. The van der Waals surface area contributed by atoms with Crippen LogP contribution in [-0.4, -0.2) is 35.2 Å². The summed E-state index contributed by atoms with van der Waals surface area (Å²) >= 11 is 0. The van der Waals surface area contributed by atoms with Gasteiger partial charge in [-0.05, 0) is 30.4 Å². The van der Waals surface area contributed by atoms with Crippen LogP contribution in [0.3, 0.4) is 0 Å². The van der Waals surface area contributed by atoms with E-state index in [4.69, 9.17) is 0 Å². The number of aryl methyl sites for hydroxylation is 1. The molecule has 1 aliphatic rings. The number of rotatable bonds is 3. The van der Waals surface area contributed by atoms with Crippen LogP contribution in [-0.2, 0) is 6.42 Å². The number of urea groups is 1. The number of β-amino-alcohol motifs (C(OH)–C–C–N with tert-alkyl or cyclic N) is 1. The van der Waals surface area contributed by atoms with Crippen molar-refractivity contribution in [2.45, 2.75) is 39.2 Å². The van der Waals surface area contributed by atoms with Crippen LogP contribution in [0.15, 0.2) is 24.3 Å². The summed E-state index contributed by atoms with van der Waals surface area (Å²) in [5, 5.41) is 12.9. The van der Waals surface area contributed by atoms with Gasteiger partial charge in [-0.1, -0.05) is 38.5 Å². The largest absolute Gasteiger partial charge is 0.391 e. The van der Waals surface area contributed by atoms with Crippen LogP contribution in [0.4, 0.5) is 10.5 Å². The summed E-state index contributed by atoms with van der Waals surface area (Å²) in [5.74, 6) is 0.270. The van der Waals surface area contributed by atoms with Crippen molar-refractivity contribution in [1.29, 1.82) is 0 Å². The molecule has 0 bridgehead atoms. The summed E-state index contributed by atoms with van der Waals surface area (Å²) in [6.07, 6.45) is 2.44. The van der Waals surface area contributed by atoms with E-state index in [1.54, 1.807) is 4.90 Å². The maximum atomic E-state index is 12.3. The highest BCUT2D eigenvalue weighted by Crippen LogP contribution is 2.20. The normalized spacial score (nSPS) is 22.6. The molecule has 0 aromatic heterocycles. The third kappa shape index (κ3) is 3.51. The van der Waals surface area contributed by atoms with Crippen molar-refractivity contribution in [3.8, 4) is 0 Å². The zero-order valence-corrected chi connectivity index (χ0v) is 12.3. The number of hydrogen-bond donors (Lipinski definition) is 2. The number of nitrogens with one attached hydrogen (secondary N) is 1. The number of likely N-dealkylation sites (tertiary alicyclic amines) is 1. The van der Waals surface area contributed by atoms with Crippen molar-refractivity contribution >= 4 is 11.7 Å². The molecule has 4 heteroatoms. The van der Waals surface area contributed by atoms with E-state index in [1.807, 2.05) is 31.2 Å². The molecule has 1 fully saturated rings. The standard InChI is InChI=1S/C16H24N2O2/c1-3-6-13-7-4-5-8-14(13)17-16(20)18-10-9-12(2)15(19)11-18/h4-5,7-8,12,15,19H,3,6,9-11H2,1-2H3,(H,17,20). The maximum absolute atomic E-state index is 12.3. The van der Waals surface area contributed by atoms with Crippen molar-refractivity contribution in [2.75, 3.05) is 18.4 Å². The van der Waals surface area contributed by atoms with E-state index in [2.05, 4.69) is 12.2 Å². The second-order valence-corrected chi connectivity index (χ2v) is 5.62. The molecule has 0 aliphatic carbocycles. The van der Waals surface area contributed by atoms with E-state index in [9.17, 15) is 9.90 Å². The number of para-hydroxylation sites is 1. The first-order valence-corrected chi connectivity index (χ1v) is 7.43. The van der Waals surface area contributed by atoms with Gasteiger partial charge >= 0.3 is 6.03 Å². The Labute approximate surface area is 120 Å². The minimum absolute atomic E-state index is 0.112. The molecule has 2 N–H and O–H groups in total. The number of nitrogens with zero attached hydrogens (tertiary/aromatic N) is 1. The Kier molecular flexibility index (Phi) is 5.01. The minimum Gasteiger partial charge on any atom is -0.391 e. The number of anilines is 1. The molecule has 1 saturated heterocycles. The van der Waals surface area contributed by atoms with Gasteiger partial charge in [0, 0.05) is 18.8 Å². The van der Waals surface area contributed by atoms with E-state index in [0.717, 1.165) is 30.5 Å². The topological polar surface area (TPSA) is 52.6 Å². The zero-order chi connectivity index (χ0) is 14.5. The number of hydrogen-bond acceptors (Lipinski definition) is 2. The molecule has 2 atom stereocenters. The quantitative estimate of drug-likeness (QED) is 0.892. The molecule has 2 unspecified atom stereocenters. The summed E-state index contributed by atoms with van der Waals surface area (Å²) in [6, 6.07) is 7.80. The Bertz CT molecular complexity index is 462. The van der Waals surface area contributed by atoms with Gasteiger partial charge in [-0.25, -0.2) is 4.79 Å². The number of piperidine rings is 1. The summed E-state index contributed by atoms with van der Waals surface area (Å²) in [4.78, 5) is 14.0. The van der Waals surface area contributed by atoms with Gasteiger partial charge in [0.25, 0.3) is 0 Å². The van der Waals surface area contributed by atoms with Gasteiger partial charge in [-0.3, -0.25) is 0 Å². The summed E-state index contributed by atoms with van der Waals surface area (Å²) in [6.45, 7) is 5.28. The van der Waals surface area contributed by atoms with Crippen molar-refractivity contribution in [1.82, 2.24) is 4.90 Å². The first-order chi connectivity index (χ1) is 9.61. The molecule has 1 aromatic carbocycles. The lowest BCUT2D eigenvalue weighted by Gasteiger charge is -2.34. The lowest BCUT2D eigenvalue weighted by Crippen LogP contribution is -2.47. The molecule has 1 aliphatic heterocycles. The molecule has 2 rings (SSSR count). The SMILES string of the molecule is CCCc1ccccc1NC(=O)N1CCC(C)C(O)C1. The monoisotopic (exact) mass is 276 g/mol. The Morgan fingerprint density at radius 3 is 2.90 bits per heavy atom. The second-order valence-electron chi connectivity index (χ2n) is 5.62. The number of carbonyl (C=O) groups excluding carboxylic acids is 1. The predicted molar refractivity (Wildman–Crippen MR) is 80.8 cm³/mol. The van der Waals surface area contributed by atoms with Crippen LogP contribution in [0.25, 0.3) is 0 Å². The number of carbonyl (C=O) groups is 1. The van der Waals surface area contributed by atoms with Crippen molar-refractivity contribution < 1.29 is 9.90 Å². The van der Waals surface area contributed by atoms with Gasteiger partial charge in [0.05, 0.1) is 6.10 Å². The van der Waals surface area contributed by atoms with Gasteiger partial charge in [0.1, 0.15) is 0 Å². The van der Waals surface area contributed by atoms with Crippen LogP contribution in [0.5, 0.6) is 0 Å². The van der Waals surface area contributed by atoms with Crippen LogP contribution >= 0.6 is 0 Å². The molecular weight excluding hydrogens is 252 g/mol. The summed E-state index contributed by atoms with van der Waals surface area (Å²) in [5.41, 5.74) is 2.04. The minimum atomic E-state index is -0.416. The fourth-order valence-corrected chi connectivity index (χ4v) is 2.56. The van der Waals surface area contributed by atoms with Gasteiger partial charge in [0.15, 0.2) is 0 Å². The molecule has 20 heavy (non-hydrogen) atoms. The Balaban J connectivity index is 2.01.